The summed E-state index contributed by atoms with van der Waals surface area (Å²) in [6.07, 6.45) is 3.19. The summed E-state index contributed by atoms with van der Waals surface area (Å²) in [4.78, 5) is 11.7. The molecule has 0 spiro atoms. The Labute approximate surface area is 98.2 Å². The predicted octanol–water partition coefficient (Wildman–Crippen LogP) is 2.37. The second-order valence-corrected chi connectivity index (χ2v) is 5.24. The van der Waals surface area contributed by atoms with Gasteiger partial charge in [0.15, 0.2) is 5.60 Å². The molecular weight excluding hydrogens is 204 g/mol. The number of hydrogen-bond donors (Lipinski definition) is 1. The van der Waals surface area contributed by atoms with E-state index in [1.165, 1.54) is 6.42 Å². The fourth-order valence-electron chi connectivity index (χ4n) is 2.80. The maximum Gasteiger partial charge on any atom is 0.338 e. The lowest BCUT2D eigenvalue weighted by molar-refractivity contribution is -0.174. The summed E-state index contributed by atoms with van der Waals surface area (Å²) in [5, 5.41) is 10.4. The predicted molar refractivity (Wildman–Crippen MR) is 62.9 cm³/mol. The maximum atomic E-state index is 11.7. The van der Waals surface area contributed by atoms with Gasteiger partial charge in [0, 0.05) is 5.92 Å². The Morgan fingerprint density at radius 1 is 1.44 bits per heavy atom. The molecule has 0 heterocycles. The van der Waals surface area contributed by atoms with Crippen LogP contribution in [0, 0.1) is 17.8 Å². The third-order valence-corrected chi connectivity index (χ3v) is 4.12. The van der Waals surface area contributed by atoms with Crippen LogP contribution in [0.5, 0.6) is 0 Å². The SMILES string of the molecule is CCOC(=O)C(C)(O)C1CCCC(C)C1C. The van der Waals surface area contributed by atoms with Gasteiger partial charge in [-0.3, -0.25) is 0 Å². The van der Waals surface area contributed by atoms with Crippen LogP contribution in [0.3, 0.4) is 0 Å². The zero-order valence-electron chi connectivity index (χ0n) is 10.8. The van der Waals surface area contributed by atoms with Gasteiger partial charge in [0.1, 0.15) is 0 Å². The first-order valence-electron chi connectivity index (χ1n) is 6.30. The molecule has 1 fully saturated rings. The van der Waals surface area contributed by atoms with Gasteiger partial charge >= 0.3 is 5.97 Å². The van der Waals surface area contributed by atoms with Gasteiger partial charge in [0.25, 0.3) is 0 Å². The van der Waals surface area contributed by atoms with Crippen molar-refractivity contribution in [3.05, 3.63) is 0 Å². The molecule has 0 aliphatic heterocycles. The molecule has 3 nitrogen and oxygen atoms in total. The molecule has 1 aliphatic carbocycles. The summed E-state index contributed by atoms with van der Waals surface area (Å²) < 4.78 is 4.95. The van der Waals surface area contributed by atoms with E-state index in [1.807, 2.05) is 0 Å². The van der Waals surface area contributed by atoms with Gasteiger partial charge in [-0.05, 0) is 32.1 Å². The first-order chi connectivity index (χ1) is 7.41. The van der Waals surface area contributed by atoms with E-state index in [0.29, 0.717) is 18.4 Å². The number of carbonyl (C=O) groups is 1. The number of ether oxygens (including phenoxy) is 1. The first-order valence-corrected chi connectivity index (χ1v) is 6.30. The van der Waals surface area contributed by atoms with Crippen LogP contribution in [-0.4, -0.2) is 23.3 Å². The zero-order valence-corrected chi connectivity index (χ0v) is 10.8. The molecule has 1 N–H and O–H groups in total. The molecule has 94 valence electrons. The Hall–Kier alpha value is -0.570. The van der Waals surface area contributed by atoms with Gasteiger partial charge in [0.05, 0.1) is 6.61 Å². The summed E-state index contributed by atoms with van der Waals surface area (Å²) in [7, 11) is 0. The summed E-state index contributed by atoms with van der Waals surface area (Å²) in [6.45, 7) is 8.01. The van der Waals surface area contributed by atoms with E-state index < -0.39 is 11.6 Å². The largest absolute Gasteiger partial charge is 0.464 e. The second kappa shape index (κ2) is 5.17. The Morgan fingerprint density at radius 2 is 2.06 bits per heavy atom. The number of aliphatic hydroxyl groups is 1. The van der Waals surface area contributed by atoms with E-state index in [-0.39, 0.29) is 5.92 Å². The van der Waals surface area contributed by atoms with Gasteiger partial charge in [0.2, 0.25) is 0 Å². The Kier molecular flexibility index (Phi) is 4.36. The minimum absolute atomic E-state index is 0.0234. The van der Waals surface area contributed by atoms with E-state index in [1.54, 1.807) is 13.8 Å². The topological polar surface area (TPSA) is 46.5 Å². The molecule has 0 radical (unpaired) electrons. The molecule has 0 bridgehead atoms. The van der Waals surface area contributed by atoms with Crippen molar-refractivity contribution in [2.24, 2.45) is 17.8 Å². The molecule has 1 saturated carbocycles. The molecule has 0 aromatic rings. The standard InChI is InChI=1S/C13H24O3/c1-5-16-12(14)13(4,15)11-8-6-7-9(2)10(11)3/h9-11,15H,5-8H2,1-4H3. The third-order valence-electron chi connectivity index (χ3n) is 4.12. The van der Waals surface area contributed by atoms with Crippen LogP contribution < -0.4 is 0 Å². The fraction of sp³-hybridized carbons (Fsp3) is 0.923. The lowest BCUT2D eigenvalue weighted by atomic mass is 9.67. The smallest absolute Gasteiger partial charge is 0.338 e. The highest BCUT2D eigenvalue weighted by Gasteiger charge is 2.45. The molecule has 4 atom stereocenters. The van der Waals surface area contributed by atoms with Crippen molar-refractivity contribution in [1.29, 1.82) is 0 Å². The summed E-state index contributed by atoms with van der Waals surface area (Å²) in [6, 6.07) is 0. The summed E-state index contributed by atoms with van der Waals surface area (Å²) in [5.41, 5.74) is -1.33. The summed E-state index contributed by atoms with van der Waals surface area (Å²) >= 11 is 0. The molecule has 1 rings (SSSR count). The summed E-state index contributed by atoms with van der Waals surface area (Å²) in [5.74, 6) is 0.490. The van der Waals surface area contributed by atoms with Crippen LogP contribution in [0.4, 0.5) is 0 Å². The number of carbonyl (C=O) groups excluding carboxylic acids is 1. The fourth-order valence-corrected chi connectivity index (χ4v) is 2.80. The van der Waals surface area contributed by atoms with Crippen LogP contribution in [0.25, 0.3) is 0 Å². The lowest BCUT2D eigenvalue weighted by Gasteiger charge is -2.41. The van der Waals surface area contributed by atoms with E-state index in [2.05, 4.69) is 13.8 Å². The quantitative estimate of drug-likeness (QED) is 0.754. The molecule has 0 aromatic heterocycles. The number of esters is 1. The highest BCUT2D eigenvalue weighted by molar-refractivity contribution is 5.79. The molecule has 0 aromatic carbocycles. The van der Waals surface area contributed by atoms with Crippen LogP contribution >= 0.6 is 0 Å². The van der Waals surface area contributed by atoms with Crippen molar-refractivity contribution in [3.8, 4) is 0 Å². The van der Waals surface area contributed by atoms with Gasteiger partial charge in [-0.25, -0.2) is 4.79 Å². The van der Waals surface area contributed by atoms with Gasteiger partial charge in [-0.1, -0.05) is 26.7 Å². The van der Waals surface area contributed by atoms with Crippen molar-refractivity contribution >= 4 is 5.97 Å². The van der Waals surface area contributed by atoms with Crippen molar-refractivity contribution < 1.29 is 14.6 Å². The minimum Gasteiger partial charge on any atom is -0.464 e. The molecular formula is C13H24O3. The number of rotatable bonds is 3. The van der Waals surface area contributed by atoms with Crippen LogP contribution in [0.1, 0.15) is 47.0 Å². The van der Waals surface area contributed by atoms with Crippen molar-refractivity contribution in [3.63, 3.8) is 0 Å². The maximum absolute atomic E-state index is 11.7. The van der Waals surface area contributed by atoms with Crippen LogP contribution in [0.15, 0.2) is 0 Å². The third kappa shape index (κ3) is 2.57. The average Bonchev–Trinajstić information content (AvgIpc) is 2.22. The van der Waals surface area contributed by atoms with Crippen LogP contribution in [-0.2, 0) is 9.53 Å². The molecule has 0 amide bonds. The molecule has 0 saturated heterocycles. The Bertz CT molecular complexity index is 248. The van der Waals surface area contributed by atoms with E-state index in [0.717, 1.165) is 12.8 Å². The van der Waals surface area contributed by atoms with Crippen molar-refractivity contribution in [1.82, 2.24) is 0 Å². The molecule has 1 aliphatic rings. The van der Waals surface area contributed by atoms with Crippen LogP contribution in [0.2, 0.25) is 0 Å². The first kappa shape index (κ1) is 13.5. The monoisotopic (exact) mass is 228 g/mol. The normalized spacial score (nSPS) is 34.2. The highest BCUT2D eigenvalue weighted by Crippen LogP contribution is 2.40. The van der Waals surface area contributed by atoms with E-state index in [4.69, 9.17) is 4.74 Å². The molecule has 3 heteroatoms. The zero-order chi connectivity index (χ0) is 12.3. The lowest BCUT2D eigenvalue weighted by Crippen LogP contribution is -2.49. The molecule has 16 heavy (non-hydrogen) atoms. The Balaban J connectivity index is 2.77. The highest BCUT2D eigenvalue weighted by atomic mass is 16.5. The Morgan fingerprint density at radius 3 is 2.62 bits per heavy atom. The average molecular weight is 228 g/mol. The molecule has 4 unspecified atom stereocenters. The van der Waals surface area contributed by atoms with E-state index in [9.17, 15) is 9.90 Å². The van der Waals surface area contributed by atoms with Gasteiger partial charge in [-0.2, -0.15) is 0 Å². The van der Waals surface area contributed by atoms with Crippen molar-refractivity contribution in [2.45, 2.75) is 52.6 Å². The number of hydrogen-bond acceptors (Lipinski definition) is 3. The van der Waals surface area contributed by atoms with E-state index >= 15 is 0 Å². The van der Waals surface area contributed by atoms with Gasteiger partial charge in [-0.15, -0.1) is 0 Å². The van der Waals surface area contributed by atoms with Gasteiger partial charge < -0.3 is 9.84 Å². The second-order valence-electron chi connectivity index (χ2n) is 5.24. The minimum atomic E-state index is -1.33. The van der Waals surface area contributed by atoms with Crippen molar-refractivity contribution in [2.75, 3.05) is 6.61 Å².